The number of carbonyl (C=O) groups is 1. The molecule has 0 aromatic heterocycles. The van der Waals surface area contributed by atoms with Gasteiger partial charge in [0.1, 0.15) is 11.4 Å². The minimum absolute atomic E-state index is 0.0348. The highest BCUT2D eigenvalue weighted by atomic mass is 32.2. The SMILES string of the molecule is CSc1ccccc1C(=O)N[C@@H]1CC(C)(C)Oc2ccccc21. The molecule has 4 heteroatoms. The van der Waals surface area contributed by atoms with E-state index in [1.165, 1.54) is 0 Å². The summed E-state index contributed by atoms with van der Waals surface area (Å²) in [6.45, 7) is 4.11. The zero-order chi connectivity index (χ0) is 16.4. The molecule has 0 unspecified atom stereocenters. The number of thioether (sulfide) groups is 1. The number of nitrogens with one attached hydrogen (secondary N) is 1. The molecule has 0 bridgehead atoms. The lowest BCUT2D eigenvalue weighted by atomic mass is 9.89. The molecule has 2 aromatic carbocycles. The predicted octanol–water partition coefficient (Wildman–Crippen LogP) is 4.44. The van der Waals surface area contributed by atoms with Crippen molar-refractivity contribution in [2.45, 2.75) is 36.8 Å². The van der Waals surface area contributed by atoms with E-state index in [-0.39, 0.29) is 17.6 Å². The van der Waals surface area contributed by atoms with E-state index in [1.54, 1.807) is 11.8 Å². The van der Waals surface area contributed by atoms with Crippen molar-refractivity contribution in [3.8, 4) is 5.75 Å². The summed E-state index contributed by atoms with van der Waals surface area (Å²) in [7, 11) is 0. The summed E-state index contributed by atoms with van der Waals surface area (Å²) in [6, 6.07) is 15.6. The first-order valence-corrected chi connectivity index (χ1v) is 8.94. The van der Waals surface area contributed by atoms with Crippen LogP contribution in [0.2, 0.25) is 0 Å². The Morgan fingerprint density at radius 2 is 1.87 bits per heavy atom. The molecule has 1 N–H and O–H groups in total. The Morgan fingerprint density at radius 1 is 1.17 bits per heavy atom. The molecule has 1 heterocycles. The van der Waals surface area contributed by atoms with Crippen molar-refractivity contribution in [1.82, 2.24) is 5.32 Å². The number of fused-ring (bicyclic) bond motifs is 1. The van der Waals surface area contributed by atoms with Crippen LogP contribution in [0.1, 0.15) is 42.2 Å². The summed E-state index contributed by atoms with van der Waals surface area (Å²) in [4.78, 5) is 13.7. The number of carbonyl (C=O) groups excluding carboxylic acids is 1. The molecular weight excluding hydrogens is 306 g/mol. The predicted molar refractivity (Wildman–Crippen MR) is 94.2 cm³/mol. The molecule has 0 radical (unpaired) electrons. The third-order valence-corrected chi connectivity index (χ3v) is 4.83. The first-order valence-electron chi connectivity index (χ1n) is 7.72. The third kappa shape index (κ3) is 3.37. The minimum atomic E-state index is -0.300. The van der Waals surface area contributed by atoms with Gasteiger partial charge in [0.2, 0.25) is 0 Å². The van der Waals surface area contributed by atoms with Crippen LogP contribution in [0, 0.1) is 0 Å². The molecule has 0 saturated heterocycles. The van der Waals surface area contributed by atoms with Crippen LogP contribution in [0.3, 0.4) is 0 Å². The van der Waals surface area contributed by atoms with Crippen LogP contribution < -0.4 is 10.1 Å². The Labute approximate surface area is 141 Å². The van der Waals surface area contributed by atoms with Gasteiger partial charge in [-0.1, -0.05) is 30.3 Å². The lowest BCUT2D eigenvalue weighted by Gasteiger charge is -2.37. The van der Waals surface area contributed by atoms with Gasteiger partial charge in [-0.15, -0.1) is 11.8 Å². The Hall–Kier alpha value is -1.94. The molecule has 23 heavy (non-hydrogen) atoms. The molecule has 3 rings (SSSR count). The second kappa shape index (κ2) is 6.28. The van der Waals surface area contributed by atoms with E-state index in [9.17, 15) is 4.79 Å². The van der Waals surface area contributed by atoms with Gasteiger partial charge in [-0.05, 0) is 38.3 Å². The van der Waals surface area contributed by atoms with Crippen molar-refractivity contribution in [2.24, 2.45) is 0 Å². The Bertz CT molecular complexity index is 727. The Morgan fingerprint density at radius 3 is 2.65 bits per heavy atom. The van der Waals surface area contributed by atoms with Gasteiger partial charge in [0, 0.05) is 16.9 Å². The fourth-order valence-corrected chi connectivity index (χ4v) is 3.59. The first-order chi connectivity index (χ1) is 11.0. The van der Waals surface area contributed by atoms with Crippen molar-refractivity contribution in [3.63, 3.8) is 0 Å². The van der Waals surface area contributed by atoms with Gasteiger partial charge < -0.3 is 10.1 Å². The van der Waals surface area contributed by atoms with E-state index >= 15 is 0 Å². The maximum atomic E-state index is 12.7. The molecule has 3 nitrogen and oxygen atoms in total. The number of hydrogen-bond donors (Lipinski definition) is 1. The number of ether oxygens (including phenoxy) is 1. The van der Waals surface area contributed by atoms with Crippen molar-refractivity contribution >= 4 is 17.7 Å². The monoisotopic (exact) mass is 327 g/mol. The fraction of sp³-hybridized carbons (Fsp3) is 0.316. The summed E-state index contributed by atoms with van der Waals surface area (Å²) in [5.41, 5.74) is 1.47. The van der Waals surface area contributed by atoms with Gasteiger partial charge in [-0.25, -0.2) is 0 Å². The maximum Gasteiger partial charge on any atom is 0.252 e. The van der Waals surface area contributed by atoms with Crippen molar-refractivity contribution < 1.29 is 9.53 Å². The van der Waals surface area contributed by atoms with E-state index < -0.39 is 0 Å². The van der Waals surface area contributed by atoms with Crippen LogP contribution in [-0.4, -0.2) is 17.8 Å². The minimum Gasteiger partial charge on any atom is -0.487 e. The summed E-state index contributed by atoms with van der Waals surface area (Å²) >= 11 is 1.59. The van der Waals surface area contributed by atoms with Crippen LogP contribution in [0.15, 0.2) is 53.4 Å². The molecule has 0 spiro atoms. The van der Waals surface area contributed by atoms with Crippen LogP contribution in [0.25, 0.3) is 0 Å². The molecule has 1 amide bonds. The third-order valence-electron chi connectivity index (χ3n) is 4.03. The topological polar surface area (TPSA) is 38.3 Å². The van der Waals surface area contributed by atoms with Crippen LogP contribution >= 0.6 is 11.8 Å². The number of rotatable bonds is 3. The van der Waals surface area contributed by atoms with Gasteiger partial charge in [0.15, 0.2) is 0 Å². The summed E-state index contributed by atoms with van der Waals surface area (Å²) < 4.78 is 6.03. The largest absolute Gasteiger partial charge is 0.487 e. The highest BCUT2D eigenvalue weighted by Crippen LogP contribution is 2.39. The summed E-state index contributed by atoms with van der Waals surface area (Å²) in [5, 5.41) is 3.19. The van der Waals surface area contributed by atoms with E-state index in [4.69, 9.17) is 4.74 Å². The average Bonchev–Trinajstić information content (AvgIpc) is 2.53. The van der Waals surface area contributed by atoms with Crippen molar-refractivity contribution in [1.29, 1.82) is 0 Å². The number of hydrogen-bond acceptors (Lipinski definition) is 3. The zero-order valence-corrected chi connectivity index (χ0v) is 14.4. The fourth-order valence-electron chi connectivity index (χ4n) is 3.00. The smallest absolute Gasteiger partial charge is 0.252 e. The zero-order valence-electron chi connectivity index (χ0n) is 13.6. The van der Waals surface area contributed by atoms with Gasteiger partial charge >= 0.3 is 0 Å². The molecule has 2 aromatic rings. The van der Waals surface area contributed by atoms with Crippen LogP contribution in [-0.2, 0) is 0 Å². The van der Waals surface area contributed by atoms with Gasteiger partial charge in [-0.3, -0.25) is 4.79 Å². The quantitative estimate of drug-likeness (QED) is 0.847. The second-order valence-corrected chi connectivity index (χ2v) is 7.18. The van der Waals surface area contributed by atoms with Gasteiger partial charge in [0.05, 0.1) is 11.6 Å². The average molecular weight is 327 g/mol. The molecular formula is C19H21NO2S. The van der Waals surface area contributed by atoms with E-state index in [0.29, 0.717) is 0 Å². The number of benzene rings is 2. The van der Waals surface area contributed by atoms with Gasteiger partial charge in [0.25, 0.3) is 5.91 Å². The van der Waals surface area contributed by atoms with E-state index in [0.717, 1.165) is 28.2 Å². The van der Waals surface area contributed by atoms with E-state index in [2.05, 4.69) is 19.2 Å². The second-order valence-electron chi connectivity index (χ2n) is 6.33. The van der Waals surface area contributed by atoms with Crippen LogP contribution in [0.4, 0.5) is 0 Å². The first kappa shape index (κ1) is 15.9. The number of para-hydroxylation sites is 1. The molecule has 1 aliphatic rings. The Balaban J connectivity index is 1.89. The normalized spacial score (nSPS) is 18.7. The molecule has 0 fully saturated rings. The molecule has 0 aliphatic carbocycles. The lowest BCUT2D eigenvalue weighted by Crippen LogP contribution is -2.41. The van der Waals surface area contributed by atoms with E-state index in [1.807, 2.05) is 54.8 Å². The molecule has 120 valence electrons. The Kier molecular flexibility index (Phi) is 4.35. The lowest BCUT2D eigenvalue weighted by molar-refractivity contribution is 0.0619. The maximum absolute atomic E-state index is 12.7. The van der Waals surface area contributed by atoms with Gasteiger partial charge in [-0.2, -0.15) is 0 Å². The molecule has 1 aliphatic heterocycles. The highest BCUT2D eigenvalue weighted by Gasteiger charge is 2.34. The van der Waals surface area contributed by atoms with Crippen LogP contribution in [0.5, 0.6) is 5.75 Å². The summed E-state index contributed by atoms with van der Waals surface area (Å²) in [5.74, 6) is 0.819. The van der Waals surface area contributed by atoms with Crippen molar-refractivity contribution in [2.75, 3.05) is 6.26 Å². The highest BCUT2D eigenvalue weighted by molar-refractivity contribution is 7.98. The molecule has 0 saturated carbocycles. The number of amides is 1. The standard InChI is InChI=1S/C19H21NO2S/c1-19(2)12-15(13-8-4-6-10-16(13)22-19)20-18(21)14-9-5-7-11-17(14)23-3/h4-11,15H,12H2,1-3H3,(H,20,21)/t15-/m1/s1. The summed E-state index contributed by atoms with van der Waals surface area (Å²) in [6.07, 6.45) is 2.73. The molecule has 1 atom stereocenters. The van der Waals surface area contributed by atoms with Crippen molar-refractivity contribution in [3.05, 3.63) is 59.7 Å².